The molecule has 1 aromatic carbocycles. The largest absolute Gasteiger partial charge is 0.497 e. The number of aromatic amines is 1. The van der Waals surface area contributed by atoms with Gasteiger partial charge in [0.2, 0.25) is 0 Å². The lowest BCUT2D eigenvalue weighted by molar-refractivity contribution is 0.415. The number of benzene rings is 1. The molecule has 1 aliphatic rings. The van der Waals surface area contributed by atoms with Crippen LogP contribution >= 0.6 is 0 Å². The number of pyridine rings is 1. The van der Waals surface area contributed by atoms with Gasteiger partial charge in [-0.1, -0.05) is 31.4 Å². The lowest BCUT2D eigenvalue weighted by atomic mass is 9.89. The molecule has 4 heterocycles. The Labute approximate surface area is 188 Å². The van der Waals surface area contributed by atoms with Crippen molar-refractivity contribution in [2.24, 2.45) is 0 Å². The van der Waals surface area contributed by atoms with E-state index in [0.29, 0.717) is 40.0 Å². The fraction of sp³-hybridized carbons (Fsp3) is 0.304. The van der Waals surface area contributed by atoms with Crippen molar-refractivity contribution < 1.29 is 4.74 Å². The summed E-state index contributed by atoms with van der Waals surface area (Å²) in [5, 5.41) is 12.2. The molecular formula is C23H22N8O2. The van der Waals surface area contributed by atoms with Gasteiger partial charge < -0.3 is 4.74 Å². The zero-order valence-corrected chi connectivity index (χ0v) is 18.1. The maximum absolute atomic E-state index is 13.8. The van der Waals surface area contributed by atoms with Crippen LogP contribution in [0.2, 0.25) is 0 Å². The first kappa shape index (κ1) is 19.6. The molecule has 1 saturated carbocycles. The van der Waals surface area contributed by atoms with E-state index in [1.165, 1.54) is 30.2 Å². The number of nitrogens with one attached hydrogen (secondary N) is 1. The third kappa shape index (κ3) is 3.25. The summed E-state index contributed by atoms with van der Waals surface area (Å²) < 4.78 is 8.43. The fourth-order valence-electron chi connectivity index (χ4n) is 4.65. The third-order valence-electron chi connectivity index (χ3n) is 6.31. The van der Waals surface area contributed by atoms with Crippen molar-refractivity contribution >= 4 is 16.7 Å². The molecule has 0 unspecified atom stereocenters. The highest BCUT2D eigenvalue weighted by molar-refractivity contribution is 5.93. The van der Waals surface area contributed by atoms with E-state index < -0.39 is 0 Å². The van der Waals surface area contributed by atoms with E-state index in [1.807, 2.05) is 24.3 Å². The Morgan fingerprint density at radius 2 is 2.00 bits per heavy atom. The highest BCUT2D eigenvalue weighted by atomic mass is 16.5. The molecule has 5 aromatic rings. The van der Waals surface area contributed by atoms with E-state index >= 15 is 0 Å². The second-order valence-corrected chi connectivity index (χ2v) is 8.27. The minimum atomic E-state index is -0.274. The van der Waals surface area contributed by atoms with Crippen molar-refractivity contribution in [3.63, 3.8) is 0 Å². The number of nitrogens with zero attached hydrogens (tertiary/aromatic N) is 7. The topological polar surface area (TPSA) is 116 Å². The van der Waals surface area contributed by atoms with E-state index in [1.54, 1.807) is 23.9 Å². The molecule has 10 heteroatoms. The Kier molecular flexibility index (Phi) is 4.63. The molecule has 6 rings (SSSR count). The van der Waals surface area contributed by atoms with Crippen LogP contribution in [0.3, 0.4) is 0 Å². The summed E-state index contributed by atoms with van der Waals surface area (Å²) in [6.45, 7) is 0. The lowest BCUT2D eigenvalue weighted by Gasteiger charge is -2.18. The van der Waals surface area contributed by atoms with Gasteiger partial charge >= 0.3 is 0 Å². The summed E-state index contributed by atoms with van der Waals surface area (Å²) in [6, 6.07) is 9.27. The van der Waals surface area contributed by atoms with Gasteiger partial charge in [0, 0.05) is 17.7 Å². The number of hydrogen-bond acceptors (Lipinski definition) is 7. The Morgan fingerprint density at radius 3 is 2.85 bits per heavy atom. The molecule has 1 aliphatic carbocycles. The molecule has 0 bridgehead atoms. The van der Waals surface area contributed by atoms with Gasteiger partial charge in [0.05, 0.1) is 23.7 Å². The van der Waals surface area contributed by atoms with Crippen molar-refractivity contribution in [1.82, 2.24) is 39.3 Å². The summed E-state index contributed by atoms with van der Waals surface area (Å²) in [5.74, 6) is 2.62. The van der Waals surface area contributed by atoms with Crippen LogP contribution in [-0.4, -0.2) is 46.4 Å². The predicted octanol–water partition coefficient (Wildman–Crippen LogP) is 3.27. The summed E-state index contributed by atoms with van der Waals surface area (Å²) in [4.78, 5) is 27.2. The molecule has 0 atom stereocenters. The molecule has 0 spiro atoms. The molecule has 0 radical (unpaired) electrons. The smallest absolute Gasteiger partial charge is 0.269 e. The van der Waals surface area contributed by atoms with Gasteiger partial charge in [0.15, 0.2) is 0 Å². The fourth-order valence-corrected chi connectivity index (χ4v) is 4.65. The number of methoxy groups -OCH3 is 1. The van der Waals surface area contributed by atoms with E-state index in [2.05, 4.69) is 30.2 Å². The van der Waals surface area contributed by atoms with Gasteiger partial charge in [-0.25, -0.2) is 9.55 Å². The molecule has 1 fully saturated rings. The molecule has 0 amide bonds. The Bertz CT molecular complexity index is 1530. The molecule has 33 heavy (non-hydrogen) atoms. The van der Waals surface area contributed by atoms with Crippen LogP contribution in [0.5, 0.6) is 5.75 Å². The van der Waals surface area contributed by atoms with Gasteiger partial charge in [-0.15, -0.1) is 5.10 Å². The molecule has 0 saturated heterocycles. The lowest BCUT2D eigenvalue weighted by Crippen LogP contribution is -2.21. The molecule has 166 valence electrons. The monoisotopic (exact) mass is 442 g/mol. The van der Waals surface area contributed by atoms with Crippen molar-refractivity contribution in [3.05, 3.63) is 59.0 Å². The number of H-pyrrole nitrogens is 1. The molecule has 10 nitrogen and oxygen atoms in total. The summed E-state index contributed by atoms with van der Waals surface area (Å²) in [6.07, 6.45) is 8.92. The van der Waals surface area contributed by atoms with Crippen molar-refractivity contribution in [2.45, 2.75) is 38.0 Å². The number of hydrogen-bond donors (Lipinski definition) is 1. The molecule has 1 N–H and O–H groups in total. The van der Waals surface area contributed by atoms with Crippen LogP contribution in [0, 0.1) is 0 Å². The van der Waals surface area contributed by atoms with E-state index in [-0.39, 0.29) is 5.56 Å². The van der Waals surface area contributed by atoms with Crippen molar-refractivity contribution in [2.75, 3.05) is 7.11 Å². The first-order valence-corrected chi connectivity index (χ1v) is 11.0. The number of ether oxygens (including phenoxy) is 1. The van der Waals surface area contributed by atoms with Crippen LogP contribution in [-0.2, 0) is 0 Å². The number of aromatic nitrogens is 8. The van der Waals surface area contributed by atoms with E-state index in [0.717, 1.165) is 24.2 Å². The van der Waals surface area contributed by atoms with Crippen LogP contribution in [0.15, 0.2) is 47.7 Å². The zero-order chi connectivity index (χ0) is 22.4. The quantitative estimate of drug-likeness (QED) is 0.454. The van der Waals surface area contributed by atoms with Crippen molar-refractivity contribution in [3.8, 4) is 23.0 Å². The average molecular weight is 442 g/mol. The normalized spacial score (nSPS) is 14.8. The minimum absolute atomic E-state index is 0.274. The van der Waals surface area contributed by atoms with Gasteiger partial charge in [0.1, 0.15) is 17.9 Å². The third-order valence-corrected chi connectivity index (χ3v) is 6.31. The summed E-state index contributed by atoms with van der Waals surface area (Å²) in [5.41, 5.74) is 1.61. The van der Waals surface area contributed by atoms with E-state index in [9.17, 15) is 4.79 Å². The van der Waals surface area contributed by atoms with Gasteiger partial charge in [-0.05, 0) is 31.0 Å². The van der Waals surface area contributed by atoms with Crippen molar-refractivity contribution in [1.29, 1.82) is 0 Å². The van der Waals surface area contributed by atoms with Crippen LogP contribution in [0.25, 0.3) is 33.9 Å². The molecule has 4 aromatic heterocycles. The first-order chi connectivity index (χ1) is 16.2. The molecular weight excluding hydrogens is 420 g/mol. The van der Waals surface area contributed by atoms with Gasteiger partial charge in [0.25, 0.3) is 17.3 Å². The highest BCUT2D eigenvalue weighted by Gasteiger charge is 2.22. The minimum Gasteiger partial charge on any atom is -0.497 e. The van der Waals surface area contributed by atoms with E-state index in [4.69, 9.17) is 4.74 Å². The Morgan fingerprint density at radius 1 is 1.12 bits per heavy atom. The maximum Gasteiger partial charge on any atom is 0.269 e. The molecule has 0 aliphatic heterocycles. The summed E-state index contributed by atoms with van der Waals surface area (Å²) in [7, 11) is 1.61. The second-order valence-electron chi connectivity index (χ2n) is 8.27. The van der Waals surface area contributed by atoms with Crippen LogP contribution < -0.4 is 10.3 Å². The van der Waals surface area contributed by atoms with Crippen LogP contribution in [0.1, 0.15) is 43.8 Å². The maximum atomic E-state index is 13.8. The SMILES string of the molecule is COc1cccc(-c2c3c(=O)n(-c4n[nH]c(C5CCCCC5)n4)ccc3nc3ncnn23)c1. The number of fused-ring (bicyclic) bond motifs is 2. The Hall–Kier alpha value is -4.08. The zero-order valence-electron chi connectivity index (χ0n) is 18.1. The second kappa shape index (κ2) is 7.80. The first-order valence-electron chi connectivity index (χ1n) is 11.0. The standard InChI is InChI=1S/C23H22N8O2/c1-33-16-9-5-8-15(12-16)19-18-17(26-22-24-13-25-31(19)22)10-11-30(21(18)32)23-27-20(28-29-23)14-6-3-2-4-7-14/h5,8-14H,2-4,6-7H2,1H3,(H,27,28,29). The Balaban J connectivity index is 1.57. The van der Waals surface area contributed by atoms with Gasteiger partial charge in [-0.3, -0.25) is 9.89 Å². The summed E-state index contributed by atoms with van der Waals surface area (Å²) >= 11 is 0. The predicted molar refractivity (Wildman–Crippen MR) is 122 cm³/mol. The van der Waals surface area contributed by atoms with Gasteiger partial charge in [-0.2, -0.15) is 19.6 Å². The number of rotatable bonds is 4. The average Bonchev–Trinajstić information content (AvgIpc) is 3.53. The highest BCUT2D eigenvalue weighted by Crippen LogP contribution is 2.31. The van der Waals surface area contributed by atoms with Crippen LogP contribution in [0.4, 0.5) is 0 Å².